The van der Waals surface area contributed by atoms with E-state index >= 15 is 0 Å². The first-order valence-corrected chi connectivity index (χ1v) is 9.11. The van der Waals surface area contributed by atoms with E-state index in [-0.39, 0.29) is 4.90 Å². The standard InChI is InChI=1S/C19H18N2O2S/c1-15-9-11-19(12-10-15)24(22,23)21-20-14-16-5-4-8-18(13-16)17-6-2-3-7-17/h2-6,8-14,21H,7H2,1H3/b20-14-. The third-order valence-corrected chi connectivity index (χ3v) is 4.98. The van der Waals surface area contributed by atoms with Gasteiger partial charge in [0.05, 0.1) is 11.1 Å². The van der Waals surface area contributed by atoms with E-state index in [1.807, 2.05) is 37.3 Å². The fourth-order valence-corrected chi connectivity index (χ4v) is 3.21. The Morgan fingerprint density at radius 2 is 1.92 bits per heavy atom. The lowest BCUT2D eigenvalue weighted by molar-refractivity contribution is 0.584. The van der Waals surface area contributed by atoms with Crippen molar-refractivity contribution in [3.8, 4) is 0 Å². The highest BCUT2D eigenvalue weighted by Gasteiger charge is 2.11. The van der Waals surface area contributed by atoms with Gasteiger partial charge in [0.15, 0.2) is 0 Å². The predicted molar refractivity (Wildman–Crippen MR) is 97.3 cm³/mol. The Bertz CT molecular complexity index is 924. The molecule has 1 N–H and O–H groups in total. The van der Waals surface area contributed by atoms with Gasteiger partial charge in [0.2, 0.25) is 0 Å². The van der Waals surface area contributed by atoms with Crippen molar-refractivity contribution in [2.45, 2.75) is 18.2 Å². The molecule has 1 aliphatic carbocycles. The zero-order valence-electron chi connectivity index (χ0n) is 13.3. The number of aryl methyl sites for hydroxylation is 1. The summed E-state index contributed by atoms with van der Waals surface area (Å²) in [4.78, 5) is 2.44. The number of sulfonamides is 1. The lowest BCUT2D eigenvalue weighted by atomic mass is 10.0. The Labute approximate surface area is 142 Å². The highest BCUT2D eigenvalue weighted by atomic mass is 32.2. The van der Waals surface area contributed by atoms with Gasteiger partial charge in [-0.1, -0.05) is 54.1 Å². The van der Waals surface area contributed by atoms with Crippen LogP contribution in [0.25, 0.3) is 5.57 Å². The minimum atomic E-state index is -3.64. The van der Waals surface area contributed by atoms with Gasteiger partial charge in [0, 0.05) is 0 Å². The van der Waals surface area contributed by atoms with Gasteiger partial charge >= 0.3 is 0 Å². The van der Waals surface area contributed by atoms with Crippen LogP contribution in [0.15, 0.2) is 76.8 Å². The third kappa shape index (κ3) is 3.81. The molecule has 0 amide bonds. The Morgan fingerprint density at radius 3 is 2.62 bits per heavy atom. The summed E-state index contributed by atoms with van der Waals surface area (Å²) in [6, 6.07) is 14.5. The quantitative estimate of drug-likeness (QED) is 0.668. The van der Waals surface area contributed by atoms with Crippen LogP contribution < -0.4 is 4.83 Å². The van der Waals surface area contributed by atoms with Crippen molar-refractivity contribution in [2.75, 3.05) is 0 Å². The van der Waals surface area contributed by atoms with Gasteiger partial charge in [-0.2, -0.15) is 13.5 Å². The summed E-state index contributed by atoms with van der Waals surface area (Å²) in [6.07, 6.45) is 8.65. The first kappa shape index (κ1) is 16.2. The Morgan fingerprint density at radius 1 is 1.12 bits per heavy atom. The van der Waals surface area contributed by atoms with Crippen LogP contribution in [0.1, 0.15) is 23.1 Å². The molecule has 2 aromatic carbocycles. The van der Waals surface area contributed by atoms with Crippen LogP contribution in [0.3, 0.4) is 0 Å². The molecule has 24 heavy (non-hydrogen) atoms. The van der Waals surface area contributed by atoms with E-state index in [4.69, 9.17) is 0 Å². The second-order valence-corrected chi connectivity index (χ2v) is 7.28. The van der Waals surface area contributed by atoms with Crippen molar-refractivity contribution in [1.29, 1.82) is 0 Å². The number of hydrogen-bond acceptors (Lipinski definition) is 3. The average Bonchev–Trinajstić information content (AvgIpc) is 3.10. The molecule has 0 fully saturated rings. The van der Waals surface area contributed by atoms with Crippen molar-refractivity contribution in [2.24, 2.45) is 5.10 Å². The summed E-state index contributed by atoms with van der Waals surface area (Å²) >= 11 is 0. The molecule has 0 atom stereocenters. The predicted octanol–water partition coefficient (Wildman–Crippen LogP) is 3.65. The second kappa shape index (κ2) is 6.84. The summed E-state index contributed by atoms with van der Waals surface area (Å²) in [5.41, 5.74) is 4.20. The number of allylic oxidation sites excluding steroid dienone is 4. The molecule has 0 unspecified atom stereocenters. The zero-order valence-corrected chi connectivity index (χ0v) is 14.1. The third-order valence-electron chi connectivity index (χ3n) is 3.75. The largest absolute Gasteiger partial charge is 0.276 e. The molecular weight excluding hydrogens is 320 g/mol. The lowest BCUT2D eigenvalue weighted by Gasteiger charge is -2.05. The van der Waals surface area contributed by atoms with E-state index in [9.17, 15) is 8.42 Å². The molecule has 0 bridgehead atoms. The van der Waals surface area contributed by atoms with E-state index in [2.05, 4.69) is 22.1 Å². The van der Waals surface area contributed by atoms with Crippen molar-refractivity contribution in [3.63, 3.8) is 0 Å². The summed E-state index contributed by atoms with van der Waals surface area (Å²) < 4.78 is 24.3. The van der Waals surface area contributed by atoms with Gasteiger partial charge in [0.1, 0.15) is 0 Å². The zero-order chi connectivity index (χ0) is 17.0. The second-order valence-electron chi connectivity index (χ2n) is 5.62. The molecule has 122 valence electrons. The first-order valence-electron chi connectivity index (χ1n) is 7.62. The van der Waals surface area contributed by atoms with Gasteiger partial charge in [-0.3, -0.25) is 0 Å². The van der Waals surface area contributed by atoms with E-state index in [1.54, 1.807) is 24.3 Å². The Balaban J connectivity index is 1.72. The normalized spacial score (nSPS) is 14.1. The number of hydrazone groups is 1. The lowest BCUT2D eigenvalue weighted by Crippen LogP contribution is -2.18. The number of nitrogens with one attached hydrogen (secondary N) is 1. The number of nitrogens with zero attached hydrogens (tertiary/aromatic N) is 1. The molecule has 0 saturated heterocycles. The van der Waals surface area contributed by atoms with E-state index in [1.165, 1.54) is 11.8 Å². The van der Waals surface area contributed by atoms with Crippen molar-refractivity contribution < 1.29 is 8.42 Å². The summed E-state index contributed by atoms with van der Waals surface area (Å²) in [5.74, 6) is 0. The highest BCUT2D eigenvalue weighted by Crippen LogP contribution is 2.23. The maximum Gasteiger partial charge on any atom is 0.276 e. The van der Waals surface area contributed by atoms with E-state index in [0.29, 0.717) is 0 Å². The topological polar surface area (TPSA) is 58.5 Å². The van der Waals surface area contributed by atoms with Crippen molar-refractivity contribution in [1.82, 2.24) is 4.83 Å². The molecule has 0 radical (unpaired) electrons. The van der Waals surface area contributed by atoms with Gasteiger partial charge in [0.25, 0.3) is 10.0 Å². The fourth-order valence-electron chi connectivity index (χ4n) is 2.42. The molecule has 0 aliphatic heterocycles. The number of hydrogen-bond donors (Lipinski definition) is 1. The molecule has 4 nitrogen and oxygen atoms in total. The minimum Gasteiger partial charge on any atom is -0.200 e. The molecule has 0 spiro atoms. The van der Waals surface area contributed by atoms with E-state index < -0.39 is 10.0 Å². The summed E-state index contributed by atoms with van der Waals surface area (Å²) in [7, 11) is -3.64. The van der Waals surface area contributed by atoms with Gasteiger partial charge in [-0.05, 0) is 48.2 Å². The van der Waals surface area contributed by atoms with Gasteiger partial charge < -0.3 is 0 Å². The van der Waals surface area contributed by atoms with Crippen LogP contribution >= 0.6 is 0 Å². The van der Waals surface area contributed by atoms with Crippen molar-refractivity contribution >= 4 is 21.8 Å². The fraction of sp³-hybridized carbons (Fsp3) is 0.105. The maximum absolute atomic E-state index is 12.2. The monoisotopic (exact) mass is 338 g/mol. The van der Waals surface area contributed by atoms with Crippen molar-refractivity contribution in [3.05, 3.63) is 83.4 Å². The maximum atomic E-state index is 12.2. The summed E-state index contributed by atoms with van der Waals surface area (Å²) in [6.45, 7) is 1.91. The van der Waals surface area contributed by atoms with Gasteiger partial charge in [-0.15, -0.1) is 0 Å². The summed E-state index contributed by atoms with van der Waals surface area (Å²) in [5, 5.41) is 3.88. The SMILES string of the molecule is Cc1ccc(S(=O)(=O)N/N=C\c2cccc(C3=CC=CC3)c2)cc1. The molecule has 2 aromatic rings. The van der Waals surface area contributed by atoms with Gasteiger partial charge in [-0.25, -0.2) is 4.83 Å². The molecular formula is C19H18N2O2S. The smallest absolute Gasteiger partial charge is 0.200 e. The highest BCUT2D eigenvalue weighted by molar-refractivity contribution is 7.89. The van der Waals surface area contributed by atoms with E-state index in [0.717, 1.165) is 23.1 Å². The van der Waals surface area contributed by atoms with Crippen LogP contribution in [0, 0.1) is 6.92 Å². The minimum absolute atomic E-state index is 0.196. The molecule has 1 aliphatic rings. The number of rotatable bonds is 5. The van der Waals surface area contributed by atoms with Crippen LogP contribution in [-0.4, -0.2) is 14.6 Å². The average molecular weight is 338 g/mol. The number of benzene rings is 2. The molecule has 0 heterocycles. The first-order chi connectivity index (χ1) is 11.5. The van der Waals surface area contributed by atoms with Crippen LogP contribution in [0.5, 0.6) is 0 Å². The molecule has 5 heteroatoms. The molecule has 0 saturated carbocycles. The van der Waals surface area contributed by atoms with Crippen LogP contribution in [0.2, 0.25) is 0 Å². The van der Waals surface area contributed by atoms with Crippen LogP contribution in [-0.2, 0) is 10.0 Å². The Kier molecular flexibility index (Phi) is 4.62. The molecule has 3 rings (SSSR count). The molecule has 0 aromatic heterocycles. The Hall–Kier alpha value is -2.66. The van der Waals surface area contributed by atoms with Crippen LogP contribution in [0.4, 0.5) is 0 Å².